The second-order valence-corrected chi connectivity index (χ2v) is 5.34. The third-order valence-electron chi connectivity index (χ3n) is 3.09. The third-order valence-corrected chi connectivity index (χ3v) is 3.60. The van der Waals surface area contributed by atoms with Crippen molar-refractivity contribution in [3.05, 3.63) is 63.1 Å². The summed E-state index contributed by atoms with van der Waals surface area (Å²) in [6.07, 6.45) is 1.26. The van der Waals surface area contributed by atoms with Crippen molar-refractivity contribution in [3.63, 3.8) is 0 Å². The Labute approximate surface area is 129 Å². The summed E-state index contributed by atoms with van der Waals surface area (Å²) in [5, 5.41) is 2.75. The highest BCUT2D eigenvalue weighted by molar-refractivity contribution is 6.36. The molecule has 1 aliphatic heterocycles. The highest BCUT2D eigenvalue weighted by atomic mass is 35.5. The van der Waals surface area contributed by atoms with Crippen LogP contribution >= 0.6 is 23.2 Å². The molecule has 1 heterocycles. The van der Waals surface area contributed by atoms with Gasteiger partial charge in [0.05, 0.1) is 10.7 Å². The van der Waals surface area contributed by atoms with Crippen LogP contribution in [0.1, 0.15) is 11.1 Å². The number of nitrogens with one attached hydrogen (secondary N) is 1. The number of carbonyl (C=O) groups is 1. The lowest BCUT2D eigenvalue weighted by Crippen LogP contribution is -2.03. The molecular weight excluding hydrogens is 319 g/mol. The van der Waals surface area contributed by atoms with Gasteiger partial charge < -0.3 is 5.32 Å². The number of hydrogen-bond donors (Lipinski definition) is 1. The molecule has 0 saturated heterocycles. The van der Waals surface area contributed by atoms with E-state index in [2.05, 4.69) is 5.32 Å². The van der Waals surface area contributed by atoms with Crippen LogP contribution in [-0.4, -0.2) is 5.91 Å². The maximum atomic E-state index is 13.9. The average molecular weight is 326 g/mol. The Hall–Kier alpha value is -1.91. The van der Waals surface area contributed by atoms with E-state index in [9.17, 15) is 13.6 Å². The SMILES string of the molecule is O=C1Nc2cc(Cl)ccc2/C1=C/c1cc(F)cc(Cl)c1F. The van der Waals surface area contributed by atoms with Crippen molar-refractivity contribution in [1.82, 2.24) is 0 Å². The van der Waals surface area contributed by atoms with Gasteiger partial charge in [-0.1, -0.05) is 29.3 Å². The summed E-state index contributed by atoms with van der Waals surface area (Å²) in [5.74, 6) is -1.86. The number of amides is 1. The molecule has 2 nitrogen and oxygen atoms in total. The van der Waals surface area contributed by atoms with Crippen LogP contribution < -0.4 is 5.32 Å². The molecule has 6 heteroatoms. The molecule has 3 rings (SSSR count). The summed E-state index contributed by atoms with van der Waals surface area (Å²) in [5.41, 5.74) is 1.24. The van der Waals surface area contributed by atoms with Gasteiger partial charge in [-0.3, -0.25) is 4.79 Å². The minimum atomic E-state index is -0.777. The lowest BCUT2D eigenvalue weighted by atomic mass is 10.0. The lowest BCUT2D eigenvalue weighted by molar-refractivity contribution is -0.110. The van der Waals surface area contributed by atoms with E-state index in [-0.39, 0.29) is 16.2 Å². The van der Waals surface area contributed by atoms with Crippen molar-refractivity contribution in [2.24, 2.45) is 0 Å². The van der Waals surface area contributed by atoms with Crippen LogP contribution in [0.5, 0.6) is 0 Å². The molecule has 0 unspecified atom stereocenters. The van der Waals surface area contributed by atoms with Gasteiger partial charge in [0, 0.05) is 21.7 Å². The van der Waals surface area contributed by atoms with Crippen molar-refractivity contribution < 1.29 is 13.6 Å². The van der Waals surface area contributed by atoms with E-state index in [1.165, 1.54) is 6.08 Å². The fourth-order valence-electron chi connectivity index (χ4n) is 2.15. The number of fused-ring (bicyclic) bond motifs is 1. The fourth-order valence-corrected chi connectivity index (χ4v) is 2.53. The van der Waals surface area contributed by atoms with Gasteiger partial charge in [0.15, 0.2) is 0 Å². The summed E-state index contributed by atoms with van der Waals surface area (Å²) in [6.45, 7) is 0. The van der Waals surface area contributed by atoms with Gasteiger partial charge in [0.25, 0.3) is 5.91 Å². The van der Waals surface area contributed by atoms with Crippen molar-refractivity contribution >= 4 is 46.4 Å². The maximum absolute atomic E-state index is 13.9. The summed E-state index contributed by atoms with van der Waals surface area (Å²) >= 11 is 11.4. The Morgan fingerprint density at radius 3 is 2.62 bits per heavy atom. The molecule has 0 bridgehead atoms. The van der Waals surface area contributed by atoms with Gasteiger partial charge in [-0.15, -0.1) is 0 Å². The summed E-state index contributed by atoms with van der Waals surface area (Å²) in [6, 6.07) is 6.70. The van der Waals surface area contributed by atoms with E-state index in [0.717, 1.165) is 12.1 Å². The van der Waals surface area contributed by atoms with Crippen molar-refractivity contribution in [2.45, 2.75) is 0 Å². The van der Waals surface area contributed by atoms with Gasteiger partial charge in [-0.05, 0) is 30.3 Å². The smallest absolute Gasteiger partial charge is 0.256 e. The van der Waals surface area contributed by atoms with Crippen LogP contribution in [0, 0.1) is 11.6 Å². The second kappa shape index (κ2) is 5.13. The van der Waals surface area contributed by atoms with Crippen molar-refractivity contribution in [2.75, 3.05) is 5.32 Å². The summed E-state index contributed by atoms with van der Waals surface area (Å²) in [4.78, 5) is 12.0. The molecule has 2 aromatic rings. The highest BCUT2D eigenvalue weighted by Crippen LogP contribution is 2.35. The molecular formula is C15H7Cl2F2NO. The van der Waals surface area contributed by atoms with Gasteiger partial charge in [-0.25, -0.2) is 8.78 Å². The zero-order chi connectivity index (χ0) is 15.1. The highest BCUT2D eigenvalue weighted by Gasteiger charge is 2.24. The van der Waals surface area contributed by atoms with E-state index < -0.39 is 17.5 Å². The Morgan fingerprint density at radius 1 is 1.10 bits per heavy atom. The molecule has 0 spiro atoms. The van der Waals surface area contributed by atoms with Gasteiger partial charge in [0.2, 0.25) is 0 Å². The first kappa shape index (κ1) is 14.0. The summed E-state index contributed by atoms with van der Waals surface area (Å²) in [7, 11) is 0. The maximum Gasteiger partial charge on any atom is 0.256 e. The van der Waals surface area contributed by atoms with Gasteiger partial charge in [0.1, 0.15) is 11.6 Å². The number of rotatable bonds is 1. The normalized spacial score (nSPS) is 15.2. The molecule has 0 aromatic heterocycles. The molecule has 0 atom stereocenters. The van der Waals surface area contributed by atoms with E-state index >= 15 is 0 Å². The van der Waals surface area contributed by atoms with E-state index in [1.54, 1.807) is 18.2 Å². The standard InChI is InChI=1S/C15H7Cl2F2NO/c16-8-1-2-10-11(15(21)20-13(10)5-8)4-7-3-9(18)6-12(17)14(7)19/h1-6H,(H,20,21)/b11-4-. The molecule has 0 radical (unpaired) electrons. The monoisotopic (exact) mass is 325 g/mol. The molecule has 21 heavy (non-hydrogen) atoms. The molecule has 1 amide bonds. The van der Waals surface area contributed by atoms with Crippen LogP contribution in [0.4, 0.5) is 14.5 Å². The molecule has 106 valence electrons. The van der Waals surface area contributed by atoms with E-state index in [0.29, 0.717) is 16.3 Å². The number of hydrogen-bond acceptors (Lipinski definition) is 1. The fraction of sp³-hybridized carbons (Fsp3) is 0. The minimum absolute atomic E-state index is 0.0899. The van der Waals surface area contributed by atoms with Crippen LogP contribution in [-0.2, 0) is 4.79 Å². The molecule has 0 saturated carbocycles. The van der Waals surface area contributed by atoms with Crippen LogP contribution in [0.25, 0.3) is 11.6 Å². The largest absolute Gasteiger partial charge is 0.321 e. The summed E-state index contributed by atoms with van der Waals surface area (Å²) < 4.78 is 27.2. The second-order valence-electron chi connectivity index (χ2n) is 4.49. The van der Waals surface area contributed by atoms with Crippen LogP contribution in [0.15, 0.2) is 30.3 Å². The quantitative estimate of drug-likeness (QED) is 0.594. The van der Waals surface area contributed by atoms with Gasteiger partial charge >= 0.3 is 0 Å². The topological polar surface area (TPSA) is 29.1 Å². The molecule has 0 fully saturated rings. The first-order valence-electron chi connectivity index (χ1n) is 5.93. The van der Waals surface area contributed by atoms with Crippen molar-refractivity contribution in [1.29, 1.82) is 0 Å². The molecule has 0 aliphatic carbocycles. The number of carbonyl (C=O) groups excluding carboxylic acids is 1. The minimum Gasteiger partial charge on any atom is -0.321 e. The van der Waals surface area contributed by atoms with Crippen LogP contribution in [0.3, 0.4) is 0 Å². The predicted molar refractivity (Wildman–Crippen MR) is 79.3 cm³/mol. The predicted octanol–water partition coefficient (Wildman–Crippen LogP) is 4.76. The third kappa shape index (κ3) is 2.52. The lowest BCUT2D eigenvalue weighted by Gasteiger charge is -2.02. The van der Waals surface area contributed by atoms with Crippen molar-refractivity contribution in [3.8, 4) is 0 Å². The molecule has 1 N–H and O–H groups in total. The Kier molecular flexibility index (Phi) is 3.43. The van der Waals surface area contributed by atoms with Gasteiger partial charge in [-0.2, -0.15) is 0 Å². The number of halogens is 4. The average Bonchev–Trinajstić information content (AvgIpc) is 2.71. The first-order valence-corrected chi connectivity index (χ1v) is 6.69. The Balaban J connectivity index is 2.16. The molecule has 2 aromatic carbocycles. The zero-order valence-electron chi connectivity index (χ0n) is 10.4. The first-order chi connectivity index (χ1) is 9.95. The Bertz CT molecular complexity index is 803. The van der Waals surface area contributed by atoms with Crippen LogP contribution in [0.2, 0.25) is 10.0 Å². The van der Waals surface area contributed by atoms with E-state index in [4.69, 9.17) is 23.2 Å². The van der Waals surface area contributed by atoms with E-state index in [1.807, 2.05) is 0 Å². The number of anilines is 1. The molecule has 1 aliphatic rings. The zero-order valence-corrected chi connectivity index (χ0v) is 11.9. The Morgan fingerprint density at radius 2 is 1.86 bits per heavy atom. The number of benzene rings is 2.